The molecule has 2 heterocycles. The summed E-state index contributed by atoms with van der Waals surface area (Å²) in [5, 5.41) is 2.85. The van der Waals surface area contributed by atoms with E-state index in [9.17, 15) is 14.4 Å². The molecule has 0 spiro atoms. The standard InChI is InChI=1S/C23H23N5O5S/c1-13(22(30)26-12-14-5-3-2-4-6-14)28(15-7-8-16-17(11-15)33-10-9-32-16)23(31)20-18(24)19(21(25)29)27-34-20/h2-8,11,13H,9-10,12,24H2,1H3,(H2,25,29)(H,26,30). The van der Waals surface area contributed by atoms with Gasteiger partial charge in [-0.3, -0.25) is 19.3 Å². The summed E-state index contributed by atoms with van der Waals surface area (Å²) in [5.41, 5.74) is 12.3. The van der Waals surface area contributed by atoms with Crippen LogP contribution in [0.5, 0.6) is 11.5 Å². The van der Waals surface area contributed by atoms with Gasteiger partial charge in [0.15, 0.2) is 17.2 Å². The maximum atomic E-state index is 13.6. The van der Waals surface area contributed by atoms with E-state index in [1.165, 1.54) is 4.90 Å². The van der Waals surface area contributed by atoms with Crippen LogP contribution in [-0.2, 0) is 11.3 Å². The summed E-state index contributed by atoms with van der Waals surface area (Å²) in [4.78, 5) is 39.6. The fourth-order valence-electron chi connectivity index (χ4n) is 3.49. The fraction of sp³-hybridized carbons (Fsp3) is 0.217. The summed E-state index contributed by atoms with van der Waals surface area (Å²) in [6.07, 6.45) is 0. The molecule has 0 radical (unpaired) electrons. The van der Waals surface area contributed by atoms with Crippen molar-refractivity contribution in [3.05, 3.63) is 64.7 Å². The van der Waals surface area contributed by atoms with Crippen LogP contribution in [0.4, 0.5) is 11.4 Å². The van der Waals surface area contributed by atoms with Crippen molar-refractivity contribution in [1.82, 2.24) is 9.69 Å². The van der Waals surface area contributed by atoms with E-state index in [4.69, 9.17) is 20.9 Å². The maximum Gasteiger partial charge on any atom is 0.272 e. The van der Waals surface area contributed by atoms with Crippen LogP contribution in [0, 0.1) is 0 Å². The highest BCUT2D eigenvalue weighted by Gasteiger charge is 2.33. The monoisotopic (exact) mass is 481 g/mol. The molecule has 0 aliphatic carbocycles. The number of carbonyl (C=O) groups is 3. The van der Waals surface area contributed by atoms with Crippen LogP contribution in [0.3, 0.4) is 0 Å². The summed E-state index contributed by atoms with van der Waals surface area (Å²) in [7, 11) is 0. The number of anilines is 2. The molecule has 0 saturated heterocycles. The van der Waals surface area contributed by atoms with Gasteiger partial charge in [0, 0.05) is 18.3 Å². The average Bonchev–Trinajstić information content (AvgIpc) is 3.24. The number of primary amides is 1. The number of hydrogen-bond donors (Lipinski definition) is 3. The highest BCUT2D eigenvalue weighted by molar-refractivity contribution is 7.09. The molecule has 5 N–H and O–H groups in total. The Morgan fingerprint density at radius 2 is 1.82 bits per heavy atom. The molecule has 11 heteroatoms. The summed E-state index contributed by atoms with van der Waals surface area (Å²) in [5.74, 6) is -0.829. The first kappa shape index (κ1) is 23.1. The largest absolute Gasteiger partial charge is 0.486 e. The van der Waals surface area contributed by atoms with Crippen molar-refractivity contribution in [3.8, 4) is 11.5 Å². The Bertz CT molecular complexity index is 1230. The van der Waals surface area contributed by atoms with Crippen LogP contribution in [0.15, 0.2) is 48.5 Å². The van der Waals surface area contributed by atoms with Crippen molar-refractivity contribution in [2.24, 2.45) is 5.73 Å². The molecule has 4 rings (SSSR count). The molecule has 176 valence electrons. The molecule has 3 amide bonds. The lowest BCUT2D eigenvalue weighted by molar-refractivity contribution is -0.122. The highest BCUT2D eigenvalue weighted by atomic mass is 32.1. The van der Waals surface area contributed by atoms with Gasteiger partial charge in [0.05, 0.1) is 5.69 Å². The third-order valence-electron chi connectivity index (χ3n) is 5.25. The zero-order valence-corrected chi connectivity index (χ0v) is 19.1. The SMILES string of the molecule is CC(C(=O)NCc1ccccc1)N(C(=O)c1snc(C(N)=O)c1N)c1ccc2c(c1)OCCO2. The first-order chi connectivity index (χ1) is 16.4. The summed E-state index contributed by atoms with van der Waals surface area (Å²) in [6.45, 7) is 2.67. The Kier molecular flexibility index (Phi) is 6.64. The van der Waals surface area contributed by atoms with Gasteiger partial charge < -0.3 is 26.3 Å². The third kappa shape index (κ3) is 4.64. The maximum absolute atomic E-state index is 13.6. The van der Waals surface area contributed by atoms with Gasteiger partial charge in [-0.2, -0.15) is 4.37 Å². The average molecular weight is 482 g/mol. The minimum absolute atomic E-state index is 0.00592. The highest BCUT2D eigenvalue weighted by Crippen LogP contribution is 2.36. The number of benzene rings is 2. The molecule has 2 aromatic carbocycles. The van der Waals surface area contributed by atoms with E-state index in [1.807, 2.05) is 30.3 Å². The van der Waals surface area contributed by atoms with Gasteiger partial charge in [-0.1, -0.05) is 30.3 Å². The van der Waals surface area contributed by atoms with Gasteiger partial charge >= 0.3 is 0 Å². The van der Waals surface area contributed by atoms with Crippen molar-refractivity contribution >= 4 is 40.6 Å². The number of nitrogens with one attached hydrogen (secondary N) is 1. The van der Waals surface area contributed by atoms with Gasteiger partial charge in [-0.05, 0) is 36.2 Å². The Balaban J connectivity index is 1.67. The van der Waals surface area contributed by atoms with Crippen LogP contribution < -0.4 is 31.2 Å². The number of hydrogen-bond acceptors (Lipinski definition) is 8. The van der Waals surface area contributed by atoms with Crippen LogP contribution in [-0.4, -0.2) is 41.4 Å². The van der Waals surface area contributed by atoms with E-state index in [1.54, 1.807) is 25.1 Å². The predicted octanol–water partition coefficient (Wildman–Crippen LogP) is 1.95. The molecule has 1 aliphatic rings. The molecule has 10 nitrogen and oxygen atoms in total. The van der Waals surface area contributed by atoms with Gasteiger partial charge in [0.2, 0.25) is 5.91 Å². The molecule has 1 atom stereocenters. The Morgan fingerprint density at radius 1 is 1.12 bits per heavy atom. The first-order valence-electron chi connectivity index (χ1n) is 10.5. The van der Waals surface area contributed by atoms with Crippen molar-refractivity contribution in [3.63, 3.8) is 0 Å². The lowest BCUT2D eigenvalue weighted by Gasteiger charge is -2.29. The minimum Gasteiger partial charge on any atom is -0.486 e. The topological polar surface area (TPSA) is 150 Å². The zero-order valence-electron chi connectivity index (χ0n) is 18.3. The smallest absolute Gasteiger partial charge is 0.272 e. The molecule has 1 unspecified atom stereocenters. The fourth-order valence-corrected chi connectivity index (χ4v) is 4.23. The number of amides is 3. The molecule has 34 heavy (non-hydrogen) atoms. The Hall–Kier alpha value is -4.12. The number of ether oxygens (including phenoxy) is 2. The quantitative estimate of drug-likeness (QED) is 0.467. The molecule has 3 aromatic rings. The molecule has 0 saturated carbocycles. The minimum atomic E-state index is -0.933. The Labute approximate surface area is 199 Å². The molecule has 0 bridgehead atoms. The third-order valence-corrected chi connectivity index (χ3v) is 6.11. The van der Waals surface area contributed by atoms with E-state index in [2.05, 4.69) is 9.69 Å². The molecular weight excluding hydrogens is 458 g/mol. The number of rotatable bonds is 7. The van der Waals surface area contributed by atoms with E-state index < -0.39 is 17.9 Å². The number of nitrogens with two attached hydrogens (primary N) is 2. The number of aromatic nitrogens is 1. The van der Waals surface area contributed by atoms with Crippen LogP contribution in [0.2, 0.25) is 0 Å². The number of fused-ring (bicyclic) bond motifs is 1. The summed E-state index contributed by atoms with van der Waals surface area (Å²) >= 11 is 0.749. The van der Waals surface area contributed by atoms with Gasteiger partial charge in [-0.15, -0.1) is 0 Å². The second kappa shape index (κ2) is 9.79. The van der Waals surface area contributed by atoms with Gasteiger partial charge in [0.1, 0.15) is 24.1 Å². The second-order valence-electron chi connectivity index (χ2n) is 7.52. The van der Waals surface area contributed by atoms with Crippen LogP contribution in [0.1, 0.15) is 32.6 Å². The Morgan fingerprint density at radius 3 is 2.50 bits per heavy atom. The summed E-state index contributed by atoms with van der Waals surface area (Å²) in [6, 6.07) is 13.4. The zero-order chi connectivity index (χ0) is 24.2. The van der Waals surface area contributed by atoms with Crippen molar-refractivity contribution in [1.29, 1.82) is 0 Å². The van der Waals surface area contributed by atoms with Crippen LogP contribution >= 0.6 is 11.5 Å². The van der Waals surface area contributed by atoms with Crippen molar-refractivity contribution < 1.29 is 23.9 Å². The number of nitrogen functional groups attached to an aromatic ring is 1. The van der Waals surface area contributed by atoms with E-state index in [-0.39, 0.29) is 22.2 Å². The number of carbonyl (C=O) groups excluding carboxylic acids is 3. The predicted molar refractivity (Wildman–Crippen MR) is 127 cm³/mol. The van der Waals surface area contributed by atoms with Crippen molar-refractivity contribution in [2.45, 2.75) is 19.5 Å². The van der Waals surface area contributed by atoms with Gasteiger partial charge in [0.25, 0.3) is 11.8 Å². The van der Waals surface area contributed by atoms with Crippen LogP contribution in [0.25, 0.3) is 0 Å². The molecule has 1 aromatic heterocycles. The molecular formula is C23H23N5O5S. The lowest BCUT2D eigenvalue weighted by atomic mass is 10.1. The van der Waals surface area contributed by atoms with E-state index in [0.29, 0.717) is 36.9 Å². The van der Waals surface area contributed by atoms with E-state index in [0.717, 1.165) is 17.1 Å². The normalized spacial score (nSPS) is 13.1. The first-order valence-corrected chi connectivity index (χ1v) is 11.2. The van der Waals surface area contributed by atoms with Crippen molar-refractivity contribution in [2.75, 3.05) is 23.8 Å². The molecule has 1 aliphatic heterocycles. The second-order valence-corrected chi connectivity index (χ2v) is 8.29. The van der Waals surface area contributed by atoms with Gasteiger partial charge in [-0.25, -0.2) is 0 Å². The molecule has 0 fully saturated rings. The van der Waals surface area contributed by atoms with E-state index >= 15 is 0 Å². The lowest BCUT2D eigenvalue weighted by Crippen LogP contribution is -2.48. The summed E-state index contributed by atoms with van der Waals surface area (Å²) < 4.78 is 15.1. The number of nitrogens with zero attached hydrogens (tertiary/aromatic N) is 2.